The molecule has 0 saturated heterocycles. The average molecular weight is 321 g/mol. The molecule has 0 radical (unpaired) electrons. The van der Waals surface area contributed by atoms with Gasteiger partial charge in [0.25, 0.3) is 5.69 Å². The van der Waals surface area contributed by atoms with Crippen LogP contribution in [0.3, 0.4) is 0 Å². The summed E-state index contributed by atoms with van der Waals surface area (Å²) < 4.78 is 4.71. The number of carbonyl (C=O) groups excluding carboxylic acids is 1. The maximum Gasteiger partial charge on any atom is 0.338 e. The molecule has 2 aromatic rings. The van der Waals surface area contributed by atoms with E-state index in [-0.39, 0.29) is 10.7 Å². The second-order valence-corrected chi connectivity index (χ2v) is 4.95. The summed E-state index contributed by atoms with van der Waals surface area (Å²) in [7, 11) is 1.30. The van der Waals surface area contributed by atoms with Crippen LogP contribution in [0.15, 0.2) is 36.4 Å². The van der Waals surface area contributed by atoms with Crippen LogP contribution in [0, 0.1) is 17.0 Å². The minimum Gasteiger partial charge on any atom is -0.465 e. The Kier molecular flexibility index (Phi) is 4.62. The number of nitro benzene ring substituents is 1. The van der Waals surface area contributed by atoms with Gasteiger partial charge in [-0.1, -0.05) is 17.7 Å². The molecule has 0 aliphatic heterocycles. The predicted octanol–water partition coefficient (Wildman–Crippen LogP) is 4.09. The maximum absolute atomic E-state index is 11.7. The molecular formula is C15H13ClN2O4. The van der Waals surface area contributed by atoms with Crippen molar-refractivity contribution in [3.8, 4) is 0 Å². The first-order valence-corrected chi connectivity index (χ1v) is 6.70. The first kappa shape index (κ1) is 15.8. The van der Waals surface area contributed by atoms with E-state index in [1.807, 2.05) is 0 Å². The second-order valence-electron chi connectivity index (χ2n) is 4.51. The number of esters is 1. The highest BCUT2D eigenvalue weighted by Gasteiger charge is 2.17. The number of hydrogen-bond donors (Lipinski definition) is 1. The average Bonchev–Trinajstić information content (AvgIpc) is 2.50. The summed E-state index contributed by atoms with van der Waals surface area (Å²) in [6, 6.07) is 9.36. The second kappa shape index (κ2) is 6.44. The van der Waals surface area contributed by atoms with Crippen molar-refractivity contribution in [3.05, 3.63) is 62.7 Å². The smallest absolute Gasteiger partial charge is 0.338 e. The third kappa shape index (κ3) is 3.17. The summed E-state index contributed by atoms with van der Waals surface area (Å²) in [6.07, 6.45) is 0. The molecule has 6 nitrogen and oxygen atoms in total. The van der Waals surface area contributed by atoms with E-state index in [2.05, 4.69) is 5.32 Å². The largest absolute Gasteiger partial charge is 0.465 e. The van der Waals surface area contributed by atoms with Gasteiger partial charge in [-0.05, 0) is 36.8 Å². The van der Waals surface area contributed by atoms with E-state index in [0.29, 0.717) is 22.5 Å². The van der Waals surface area contributed by atoms with Crippen molar-refractivity contribution in [2.45, 2.75) is 6.92 Å². The van der Waals surface area contributed by atoms with Crippen LogP contribution in [0.5, 0.6) is 0 Å². The monoisotopic (exact) mass is 320 g/mol. The minimum absolute atomic E-state index is 0.143. The molecule has 0 bridgehead atoms. The van der Waals surface area contributed by atoms with Crippen LogP contribution in [0.25, 0.3) is 0 Å². The molecule has 0 aliphatic carbocycles. The van der Waals surface area contributed by atoms with Gasteiger partial charge in [0, 0.05) is 16.8 Å². The lowest BCUT2D eigenvalue weighted by Crippen LogP contribution is -2.06. The lowest BCUT2D eigenvalue weighted by molar-refractivity contribution is -0.383. The first-order chi connectivity index (χ1) is 10.4. The number of hydrogen-bond acceptors (Lipinski definition) is 5. The third-order valence-electron chi connectivity index (χ3n) is 3.16. The van der Waals surface area contributed by atoms with Crippen LogP contribution in [0.1, 0.15) is 15.9 Å². The number of anilines is 2. The number of benzene rings is 2. The van der Waals surface area contributed by atoms with Gasteiger partial charge < -0.3 is 10.1 Å². The molecule has 0 atom stereocenters. The SMILES string of the molecule is COC(=O)c1cccc(Nc2ccc(Cl)cc2[N+](=O)[O-])c1C. The Morgan fingerprint density at radius 1 is 1.27 bits per heavy atom. The summed E-state index contributed by atoms with van der Waals surface area (Å²) in [6.45, 7) is 1.73. The van der Waals surface area contributed by atoms with Crippen molar-refractivity contribution >= 4 is 34.6 Å². The molecule has 114 valence electrons. The Balaban J connectivity index is 2.44. The van der Waals surface area contributed by atoms with E-state index in [0.717, 1.165) is 0 Å². The molecule has 7 heteroatoms. The molecule has 22 heavy (non-hydrogen) atoms. The fraction of sp³-hybridized carbons (Fsp3) is 0.133. The zero-order valence-corrected chi connectivity index (χ0v) is 12.7. The van der Waals surface area contributed by atoms with Crippen molar-refractivity contribution in [1.29, 1.82) is 0 Å². The van der Waals surface area contributed by atoms with Crippen molar-refractivity contribution in [1.82, 2.24) is 0 Å². The summed E-state index contributed by atoms with van der Waals surface area (Å²) in [5.74, 6) is -0.466. The molecule has 0 aliphatic rings. The molecule has 2 rings (SSSR count). The molecule has 0 spiro atoms. The van der Waals surface area contributed by atoms with Crippen molar-refractivity contribution < 1.29 is 14.5 Å². The molecule has 0 fully saturated rings. The fourth-order valence-corrected chi connectivity index (χ4v) is 2.18. The Bertz CT molecular complexity index is 746. The third-order valence-corrected chi connectivity index (χ3v) is 3.40. The number of halogens is 1. The van der Waals surface area contributed by atoms with Crippen LogP contribution in [0.2, 0.25) is 5.02 Å². The number of nitrogens with zero attached hydrogens (tertiary/aromatic N) is 1. The number of carbonyl (C=O) groups is 1. The number of methoxy groups -OCH3 is 1. The van der Waals surface area contributed by atoms with Crippen molar-refractivity contribution in [2.75, 3.05) is 12.4 Å². The number of rotatable bonds is 4. The zero-order valence-electron chi connectivity index (χ0n) is 11.9. The molecule has 0 heterocycles. The zero-order chi connectivity index (χ0) is 16.3. The topological polar surface area (TPSA) is 81.5 Å². The van der Waals surface area contributed by atoms with Gasteiger partial charge in [-0.2, -0.15) is 0 Å². The van der Waals surface area contributed by atoms with Gasteiger partial charge in [0.05, 0.1) is 17.6 Å². The molecule has 0 unspecified atom stereocenters. The van der Waals surface area contributed by atoms with E-state index in [1.54, 1.807) is 31.2 Å². The number of nitrogens with one attached hydrogen (secondary N) is 1. The lowest BCUT2D eigenvalue weighted by Gasteiger charge is -2.12. The summed E-state index contributed by atoms with van der Waals surface area (Å²) in [5, 5.41) is 14.3. The summed E-state index contributed by atoms with van der Waals surface area (Å²) in [5.41, 5.74) is 1.76. The predicted molar refractivity (Wildman–Crippen MR) is 83.9 cm³/mol. The summed E-state index contributed by atoms with van der Waals surface area (Å²) in [4.78, 5) is 22.3. The van der Waals surface area contributed by atoms with E-state index in [1.165, 1.54) is 19.2 Å². The Labute approximate surface area is 131 Å². The van der Waals surface area contributed by atoms with Gasteiger partial charge in [-0.25, -0.2) is 4.79 Å². The van der Waals surface area contributed by atoms with Gasteiger partial charge in [0.15, 0.2) is 0 Å². The van der Waals surface area contributed by atoms with Crippen LogP contribution < -0.4 is 5.32 Å². The van der Waals surface area contributed by atoms with Crippen LogP contribution in [-0.2, 0) is 4.74 Å². The van der Waals surface area contributed by atoms with Gasteiger partial charge in [0.2, 0.25) is 0 Å². The lowest BCUT2D eigenvalue weighted by atomic mass is 10.1. The van der Waals surface area contributed by atoms with Gasteiger partial charge in [0.1, 0.15) is 5.69 Å². The van der Waals surface area contributed by atoms with Gasteiger partial charge >= 0.3 is 5.97 Å². The van der Waals surface area contributed by atoms with E-state index >= 15 is 0 Å². The molecule has 0 saturated carbocycles. The minimum atomic E-state index is -0.520. The molecule has 0 aromatic heterocycles. The van der Waals surface area contributed by atoms with E-state index in [9.17, 15) is 14.9 Å². The summed E-state index contributed by atoms with van der Waals surface area (Å²) >= 11 is 5.79. The number of nitro groups is 1. The maximum atomic E-state index is 11.7. The van der Waals surface area contributed by atoms with Crippen molar-refractivity contribution in [2.24, 2.45) is 0 Å². The molecule has 0 amide bonds. The Morgan fingerprint density at radius 3 is 2.64 bits per heavy atom. The molecule has 1 N–H and O–H groups in total. The Hall–Kier alpha value is -2.60. The van der Waals surface area contributed by atoms with E-state index in [4.69, 9.17) is 16.3 Å². The molecular weight excluding hydrogens is 308 g/mol. The number of ether oxygens (including phenoxy) is 1. The first-order valence-electron chi connectivity index (χ1n) is 6.33. The quantitative estimate of drug-likeness (QED) is 0.521. The normalized spacial score (nSPS) is 10.1. The highest BCUT2D eigenvalue weighted by Crippen LogP contribution is 2.32. The van der Waals surface area contributed by atoms with Crippen LogP contribution in [0.4, 0.5) is 17.1 Å². The van der Waals surface area contributed by atoms with Crippen molar-refractivity contribution in [3.63, 3.8) is 0 Å². The standard InChI is InChI=1S/C15H13ClN2O4/c1-9-11(15(19)22-2)4-3-5-12(9)17-13-7-6-10(16)8-14(13)18(20)21/h3-8,17H,1-2H3. The van der Waals surface area contributed by atoms with Crippen LogP contribution in [-0.4, -0.2) is 18.0 Å². The van der Waals surface area contributed by atoms with Gasteiger partial charge in [-0.15, -0.1) is 0 Å². The highest BCUT2D eigenvalue weighted by atomic mass is 35.5. The highest BCUT2D eigenvalue weighted by molar-refractivity contribution is 6.30. The molecule has 2 aromatic carbocycles. The Morgan fingerprint density at radius 2 is 2.00 bits per heavy atom. The van der Waals surface area contributed by atoms with E-state index < -0.39 is 10.9 Å². The fourth-order valence-electron chi connectivity index (χ4n) is 2.01. The van der Waals surface area contributed by atoms with Crippen LogP contribution >= 0.6 is 11.6 Å². The van der Waals surface area contributed by atoms with Gasteiger partial charge in [-0.3, -0.25) is 10.1 Å².